The molecule has 0 spiro atoms. The molecule has 5 aliphatic rings. The minimum Gasteiger partial charge on any atom is -0.458 e. The van der Waals surface area contributed by atoms with Crippen LogP contribution < -0.4 is 0 Å². The third-order valence-electron chi connectivity index (χ3n) is 12.9. The minimum atomic E-state index is -1.68. The summed E-state index contributed by atoms with van der Waals surface area (Å²) in [6.07, 6.45) is -4.81. The van der Waals surface area contributed by atoms with Crippen LogP contribution in [0.1, 0.15) is 80.6 Å². The number of hydrogen-bond donors (Lipinski definition) is 7. The standard InChI is InChI=1S/C35H52O11/c1-16(2)8-11-24(39)35(7,44)30-21(38)13-32(4)23-10-9-18-17(3)29(46-31-28(43)27(42)26(41)22(15-36)45-31)20(37)12-19(18)34(23,6)25(40)14-33(30,32)5/h8-9,19,21-24,26-28,30-31,36,38-39,41-44H,10-15H2,1-7H3/t19-,21-,22-,23+,24?,26-,27+,28-,30?,31?,32+,33-,34+,35?/m1/s1. The van der Waals surface area contributed by atoms with Gasteiger partial charge in [0.15, 0.2) is 11.5 Å². The van der Waals surface area contributed by atoms with Crippen LogP contribution >= 0.6 is 0 Å². The molecule has 0 radical (unpaired) electrons. The van der Waals surface area contributed by atoms with Crippen LogP contribution in [0.15, 0.2) is 34.6 Å². The lowest BCUT2D eigenvalue weighted by molar-refractivity contribution is -0.291. The molecule has 0 aromatic carbocycles. The molecule has 258 valence electrons. The average molecular weight is 649 g/mol. The molecule has 46 heavy (non-hydrogen) atoms. The van der Waals surface area contributed by atoms with E-state index in [4.69, 9.17) is 9.47 Å². The van der Waals surface area contributed by atoms with Gasteiger partial charge in [-0.1, -0.05) is 38.5 Å². The Balaban J connectivity index is 1.49. The van der Waals surface area contributed by atoms with E-state index in [1.54, 1.807) is 13.8 Å². The second-order valence-electron chi connectivity index (χ2n) is 15.6. The number of allylic oxidation sites excluding steroid dienone is 5. The van der Waals surface area contributed by atoms with Gasteiger partial charge in [-0.15, -0.1) is 0 Å². The van der Waals surface area contributed by atoms with E-state index in [-0.39, 0.29) is 36.7 Å². The van der Waals surface area contributed by atoms with Crippen LogP contribution in [0, 0.1) is 34.0 Å². The molecule has 11 nitrogen and oxygen atoms in total. The molecule has 7 N–H and O–H groups in total. The van der Waals surface area contributed by atoms with Crippen molar-refractivity contribution in [3.8, 4) is 0 Å². The minimum absolute atomic E-state index is 0.0490. The highest BCUT2D eigenvalue weighted by atomic mass is 16.7. The number of ketones is 2. The lowest BCUT2D eigenvalue weighted by atomic mass is 9.39. The summed E-state index contributed by atoms with van der Waals surface area (Å²) in [4.78, 5) is 28.2. The van der Waals surface area contributed by atoms with Crippen molar-refractivity contribution in [3.05, 3.63) is 34.6 Å². The zero-order valence-corrected chi connectivity index (χ0v) is 27.9. The Hall–Kier alpha value is -1.96. The van der Waals surface area contributed by atoms with Gasteiger partial charge in [0.2, 0.25) is 6.29 Å². The van der Waals surface area contributed by atoms with Gasteiger partial charge >= 0.3 is 0 Å². The van der Waals surface area contributed by atoms with Crippen LogP contribution in [0.25, 0.3) is 0 Å². The fourth-order valence-corrected chi connectivity index (χ4v) is 10.1. The Labute approximate surface area is 270 Å². The molecule has 1 saturated heterocycles. The molecule has 4 aliphatic carbocycles. The number of hydrogen-bond acceptors (Lipinski definition) is 11. The van der Waals surface area contributed by atoms with Crippen molar-refractivity contribution in [3.63, 3.8) is 0 Å². The van der Waals surface area contributed by atoms with Crippen molar-refractivity contribution in [2.75, 3.05) is 6.61 Å². The predicted molar refractivity (Wildman–Crippen MR) is 166 cm³/mol. The van der Waals surface area contributed by atoms with Crippen LogP contribution in [-0.2, 0) is 19.1 Å². The number of carbonyl (C=O) groups excluding carboxylic acids is 2. The molecule has 5 rings (SSSR count). The summed E-state index contributed by atoms with van der Waals surface area (Å²) >= 11 is 0. The molecule has 3 fully saturated rings. The molecule has 0 aromatic heterocycles. The summed E-state index contributed by atoms with van der Waals surface area (Å²) in [5.41, 5.74) is -1.83. The Kier molecular flexibility index (Phi) is 9.12. The predicted octanol–water partition coefficient (Wildman–Crippen LogP) is 1.45. The van der Waals surface area contributed by atoms with Gasteiger partial charge in [-0.3, -0.25) is 9.59 Å². The molecule has 14 atom stereocenters. The van der Waals surface area contributed by atoms with Crippen LogP contribution in [0.5, 0.6) is 0 Å². The largest absolute Gasteiger partial charge is 0.458 e. The van der Waals surface area contributed by atoms with Crippen molar-refractivity contribution in [2.45, 2.75) is 129 Å². The molecule has 11 heteroatoms. The zero-order chi connectivity index (χ0) is 34.3. The summed E-state index contributed by atoms with van der Waals surface area (Å²) < 4.78 is 11.3. The lowest BCUT2D eigenvalue weighted by Crippen LogP contribution is -2.64. The average Bonchev–Trinajstić information content (AvgIpc) is 3.18. The fraction of sp³-hybridized carbons (Fsp3) is 0.771. The van der Waals surface area contributed by atoms with Crippen LogP contribution in [-0.4, -0.2) is 102 Å². The van der Waals surface area contributed by atoms with Gasteiger partial charge in [-0.05, 0) is 74.9 Å². The van der Waals surface area contributed by atoms with E-state index < -0.39 is 89.0 Å². The monoisotopic (exact) mass is 648 g/mol. The smallest absolute Gasteiger partial charge is 0.229 e. The fourth-order valence-electron chi connectivity index (χ4n) is 10.1. The highest BCUT2D eigenvalue weighted by Crippen LogP contribution is 2.73. The molecule has 4 unspecified atom stereocenters. The molecule has 2 saturated carbocycles. The molecule has 0 amide bonds. The van der Waals surface area contributed by atoms with Gasteiger partial charge < -0.3 is 45.2 Å². The number of carbonyl (C=O) groups is 2. The molecule has 0 bridgehead atoms. The van der Waals surface area contributed by atoms with Crippen molar-refractivity contribution in [1.29, 1.82) is 0 Å². The second-order valence-corrected chi connectivity index (χ2v) is 15.6. The van der Waals surface area contributed by atoms with E-state index >= 15 is 0 Å². The highest BCUT2D eigenvalue weighted by Gasteiger charge is 2.74. The molecule has 1 aliphatic heterocycles. The van der Waals surface area contributed by atoms with Crippen molar-refractivity contribution in [1.82, 2.24) is 0 Å². The van der Waals surface area contributed by atoms with E-state index in [0.29, 0.717) is 18.4 Å². The van der Waals surface area contributed by atoms with Crippen molar-refractivity contribution < 1.29 is 54.8 Å². The summed E-state index contributed by atoms with van der Waals surface area (Å²) in [7, 11) is 0. The number of ether oxygens (including phenoxy) is 2. The maximum absolute atomic E-state index is 14.5. The Morgan fingerprint density at radius 3 is 2.37 bits per heavy atom. The van der Waals surface area contributed by atoms with Gasteiger partial charge in [0.1, 0.15) is 30.2 Å². The lowest BCUT2D eigenvalue weighted by Gasteiger charge is -2.63. The topological polar surface area (TPSA) is 194 Å². The first kappa shape index (κ1) is 35.3. The molecule has 0 aromatic rings. The molecular formula is C35H52O11. The van der Waals surface area contributed by atoms with E-state index in [0.717, 1.165) is 11.1 Å². The maximum Gasteiger partial charge on any atom is 0.229 e. The second kappa shape index (κ2) is 11.9. The van der Waals surface area contributed by atoms with Gasteiger partial charge in [-0.2, -0.15) is 0 Å². The van der Waals surface area contributed by atoms with Gasteiger partial charge in [0, 0.05) is 30.1 Å². The highest BCUT2D eigenvalue weighted by molar-refractivity contribution is 5.99. The first-order chi connectivity index (χ1) is 21.3. The van der Waals surface area contributed by atoms with Crippen LogP contribution in [0.3, 0.4) is 0 Å². The Morgan fingerprint density at radius 1 is 1.11 bits per heavy atom. The van der Waals surface area contributed by atoms with Gasteiger partial charge in [0.25, 0.3) is 0 Å². The Bertz CT molecular complexity index is 1340. The van der Waals surface area contributed by atoms with E-state index in [9.17, 15) is 45.3 Å². The number of Topliss-reactive ketones (excluding diaryl/α,β-unsaturated/α-hetero) is 2. The Morgan fingerprint density at radius 2 is 1.76 bits per heavy atom. The number of rotatable bonds is 7. The summed E-state index contributed by atoms with van der Waals surface area (Å²) in [6.45, 7) is 12.4. The van der Waals surface area contributed by atoms with Crippen molar-refractivity contribution in [2.24, 2.45) is 34.0 Å². The SMILES string of the molecule is CC(C)=CCC(O)C(C)(O)C1[C@H](O)C[C@@]2(C)[C@@H]3CC=C4C(C)=C(OC5O[C@H](CO)[C@@H](O)[C@H](O)[C@H]5O)C(=O)C[C@H]4[C@]3(C)C(=O)C[C@]12C. The van der Waals surface area contributed by atoms with Crippen molar-refractivity contribution >= 4 is 11.6 Å². The molecule has 1 heterocycles. The first-order valence-electron chi connectivity index (χ1n) is 16.4. The summed E-state index contributed by atoms with van der Waals surface area (Å²) in [5.74, 6) is -2.03. The first-order valence-corrected chi connectivity index (χ1v) is 16.4. The summed E-state index contributed by atoms with van der Waals surface area (Å²) in [5, 5.41) is 75.0. The summed E-state index contributed by atoms with van der Waals surface area (Å²) in [6, 6.07) is 0. The third kappa shape index (κ3) is 5.00. The number of aliphatic hydroxyl groups is 7. The quantitative estimate of drug-likeness (QED) is 0.198. The van der Waals surface area contributed by atoms with E-state index in [1.807, 2.05) is 39.8 Å². The third-order valence-corrected chi connectivity index (χ3v) is 12.9. The zero-order valence-electron chi connectivity index (χ0n) is 27.9. The molecular weight excluding hydrogens is 596 g/mol. The van der Waals surface area contributed by atoms with E-state index in [2.05, 4.69) is 6.92 Å². The van der Waals surface area contributed by atoms with Gasteiger partial charge in [-0.25, -0.2) is 0 Å². The number of fused-ring (bicyclic) bond motifs is 5. The van der Waals surface area contributed by atoms with Crippen LogP contribution in [0.2, 0.25) is 0 Å². The number of aliphatic hydroxyl groups excluding tert-OH is 6. The maximum atomic E-state index is 14.5. The van der Waals surface area contributed by atoms with E-state index in [1.165, 1.54) is 0 Å². The van der Waals surface area contributed by atoms with Crippen LogP contribution in [0.4, 0.5) is 0 Å². The normalized spacial score (nSPS) is 46.0. The van der Waals surface area contributed by atoms with Gasteiger partial charge in [0.05, 0.1) is 24.4 Å².